The third-order valence-electron chi connectivity index (χ3n) is 4.77. The molecule has 1 aliphatic rings. The lowest BCUT2D eigenvalue weighted by atomic mass is 10.0. The van der Waals surface area contributed by atoms with Gasteiger partial charge in [-0.1, -0.05) is 0 Å². The Bertz CT molecular complexity index is 987. The van der Waals surface area contributed by atoms with Crippen LogP contribution >= 0.6 is 0 Å². The van der Waals surface area contributed by atoms with Crippen molar-refractivity contribution in [2.45, 2.75) is 6.92 Å². The van der Waals surface area contributed by atoms with Crippen molar-refractivity contribution in [3.8, 4) is 34.3 Å². The highest BCUT2D eigenvalue weighted by Gasteiger charge is 2.21. The van der Waals surface area contributed by atoms with Crippen molar-refractivity contribution in [3.05, 3.63) is 42.1 Å². The SMILES string of the molecule is COc1cc2cc(-c3ccc4c(c3)OCO4)[n+](C)c(C)c2cc1OC.[Cl-]. The van der Waals surface area contributed by atoms with Gasteiger partial charge in [-0.15, -0.1) is 0 Å². The minimum absolute atomic E-state index is 0. The van der Waals surface area contributed by atoms with Gasteiger partial charge in [0.2, 0.25) is 12.5 Å². The number of hydrogen-bond donors (Lipinski definition) is 0. The number of pyridine rings is 1. The van der Waals surface area contributed by atoms with E-state index in [0.29, 0.717) is 0 Å². The Morgan fingerprint density at radius 3 is 2.35 bits per heavy atom. The van der Waals surface area contributed by atoms with Crippen LogP contribution < -0.4 is 35.9 Å². The van der Waals surface area contributed by atoms with Crippen molar-refractivity contribution in [2.24, 2.45) is 7.05 Å². The third kappa shape index (κ3) is 2.78. The first-order chi connectivity index (χ1) is 12.1. The molecule has 0 N–H and O–H groups in total. The van der Waals surface area contributed by atoms with E-state index in [2.05, 4.69) is 30.7 Å². The van der Waals surface area contributed by atoms with Gasteiger partial charge in [-0.2, -0.15) is 4.57 Å². The molecule has 0 atom stereocenters. The zero-order valence-corrected chi connectivity index (χ0v) is 15.9. The van der Waals surface area contributed by atoms with Gasteiger partial charge in [-0.05, 0) is 35.7 Å². The molecule has 136 valence electrons. The van der Waals surface area contributed by atoms with Gasteiger partial charge < -0.3 is 31.4 Å². The zero-order chi connectivity index (χ0) is 17.6. The van der Waals surface area contributed by atoms with Crippen molar-refractivity contribution in [1.29, 1.82) is 0 Å². The summed E-state index contributed by atoms with van der Waals surface area (Å²) in [5.41, 5.74) is 3.31. The Kier molecular flexibility index (Phi) is 4.83. The first-order valence-electron chi connectivity index (χ1n) is 8.07. The van der Waals surface area contributed by atoms with Gasteiger partial charge in [0.1, 0.15) is 7.05 Å². The summed E-state index contributed by atoms with van der Waals surface area (Å²) in [7, 11) is 5.36. The number of methoxy groups -OCH3 is 2. The van der Waals surface area contributed by atoms with Gasteiger partial charge >= 0.3 is 0 Å². The molecular weight excluding hydrogens is 354 g/mol. The van der Waals surface area contributed by atoms with Crippen LogP contribution in [0, 0.1) is 6.92 Å². The van der Waals surface area contributed by atoms with E-state index in [-0.39, 0.29) is 19.2 Å². The standard InChI is InChI=1S/C20H20NO4.ClH/c1-12-15-10-19(23-4)18(22-3)9-14(15)7-16(21(12)2)13-5-6-17-20(8-13)25-11-24-17;/h5-10H,11H2,1-4H3;1H/q+1;/p-1. The number of nitrogens with zero attached hydrogens (tertiary/aromatic N) is 1. The maximum atomic E-state index is 5.52. The number of ether oxygens (including phenoxy) is 4. The van der Waals surface area contributed by atoms with Crippen LogP contribution in [0.15, 0.2) is 36.4 Å². The molecule has 0 amide bonds. The summed E-state index contributed by atoms with van der Waals surface area (Å²) >= 11 is 0. The molecule has 3 aromatic rings. The maximum Gasteiger partial charge on any atom is 0.231 e. The molecule has 26 heavy (non-hydrogen) atoms. The number of aromatic nitrogens is 1. The highest BCUT2D eigenvalue weighted by atomic mass is 35.5. The predicted molar refractivity (Wildman–Crippen MR) is 94.5 cm³/mol. The first kappa shape index (κ1) is 18.1. The molecule has 0 fully saturated rings. The smallest absolute Gasteiger partial charge is 0.231 e. The van der Waals surface area contributed by atoms with Crippen molar-refractivity contribution in [1.82, 2.24) is 0 Å². The minimum Gasteiger partial charge on any atom is -1.00 e. The maximum absolute atomic E-state index is 5.52. The van der Waals surface area contributed by atoms with Crippen LogP contribution in [0.5, 0.6) is 23.0 Å². The zero-order valence-electron chi connectivity index (χ0n) is 15.1. The second-order valence-electron chi connectivity index (χ2n) is 6.04. The van der Waals surface area contributed by atoms with E-state index in [9.17, 15) is 0 Å². The molecule has 5 nitrogen and oxygen atoms in total. The average molecular weight is 374 g/mol. The van der Waals surface area contributed by atoms with Gasteiger partial charge in [0.25, 0.3) is 0 Å². The fourth-order valence-electron chi connectivity index (χ4n) is 3.27. The molecule has 0 saturated heterocycles. The molecule has 0 radical (unpaired) electrons. The van der Waals surface area contributed by atoms with Crippen molar-refractivity contribution < 1.29 is 35.9 Å². The Hall–Kier alpha value is -2.66. The lowest BCUT2D eigenvalue weighted by Gasteiger charge is -2.12. The molecule has 0 aliphatic carbocycles. The average Bonchev–Trinajstić information content (AvgIpc) is 3.11. The van der Waals surface area contributed by atoms with Gasteiger partial charge in [0.05, 0.1) is 25.2 Å². The summed E-state index contributed by atoms with van der Waals surface area (Å²) in [5.74, 6) is 3.02. The van der Waals surface area contributed by atoms with Crippen LogP contribution in [0.2, 0.25) is 0 Å². The van der Waals surface area contributed by atoms with Crippen molar-refractivity contribution in [2.75, 3.05) is 21.0 Å². The Morgan fingerprint density at radius 2 is 1.62 bits per heavy atom. The van der Waals surface area contributed by atoms with E-state index in [1.54, 1.807) is 14.2 Å². The number of halogens is 1. The Labute approximate surface area is 158 Å². The summed E-state index contributed by atoms with van der Waals surface area (Å²) in [6, 6.07) is 12.2. The van der Waals surface area contributed by atoms with E-state index in [0.717, 1.165) is 50.7 Å². The molecule has 0 spiro atoms. The molecule has 2 heterocycles. The fourth-order valence-corrected chi connectivity index (χ4v) is 3.27. The van der Waals surface area contributed by atoms with Crippen LogP contribution in [0.4, 0.5) is 0 Å². The third-order valence-corrected chi connectivity index (χ3v) is 4.77. The summed E-state index contributed by atoms with van der Waals surface area (Å²) in [5, 5.41) is 2.23. The van der Waals surface area contributed by atoms with Crippen LogP contribution in [0.1, 0.15) is 5.69 Å². The molecule has 1 aliphatic heterocycles. The lowest BCUT2D eigenvalue weighted by molar-refractivity contribution is -0.665. The van der Waals surface area contributed by atoms with Crippen molar-refractivity contribution >= 4 is 10.8 Å². The highest BCUT2D eigenvalue weighted by Crippen LogP contribution is 2.37. The number of hydrogen-bond acceptors (Lipinski definition) is 4. The van der Waals surface area contributed by atoms with Crippen LogP contribution in [0.25, 0.3) is 22.0 Å². The topological polar surface area (TPSA) is 40.8 Å². The molecule has 0 saturated carbocycles. The molecule has 0 unspecified atom stereocenters. The molecule has 6 heteroatoms. The molecule has 1 aromatic heterocycles. The lowest BCUT2D eigenvalue weighted by Crippen LogP contribution is -3.00. The van der Waals surface area contributed by atoms with Gasteiger partial charge in [0.15, 0.2) is 28.7 Å². The normalized spacial score (nSPS) is 12.0. The minimum atomic E-state index is 0. The van der Waals surface area contributed by atoms with Crippen LogP contribution in [-0.4, -0.2) is 21.0 Å². The van der Waals surface area contributed by atoms with Crippen LogP contribution in [0.3, 0.4) is 0 Å². The van der Waals surface area contributed by atoms with E-state index < -0.39 is 0 Å². The second-order valence-corrected chi connectivity index (χ2v) is 6.04. The summed E-state index contributed by atoms with van der Waals surface area (Å²) in [6.07, 6.45) is 0. The number of benzene rings is 2. The van der Waals surface area contributed by atoms with Gasteiger partial charge in [-0.3, -0.25) is 0 Å². The molecule has 2 aromatic carbocycles. The van der Waals surface area contributed by atoms with E-state index in [1.807, 2.05) is 24.3 Å². The highest BCUT2D eigenvalue weighted by molar-refractivity contribution is 5.89. The summed E-state index contributed by atoms with van der Waals surface area (Å²) in [6.45, 7) is 2.38. The van der Waals surface area contributed by atoms with E-state index >= 15 is 0 Å². The summed E-state index contributed by atoms with van der Waals surface area (Å²) in [4.78, 5) is 0. The van der Waals surface area contributed by atoms with Gasteiger partial charge in [0, 0.05) is 13.0 Å². The Balaban J connectivity index is 0.00000196. The largest absolute Gasteiger partial charge is 1.00 e. The van der Waals surface area contributed by atoms with E-state index in [4.69, 9.17) is 18.9 Å². The number of rotatable bonds is 3. The molecule has 4 rings (SSSR count). The molecule has 0 bridgehead atoms. The van der Waals surface area contributed by atoms with Gasteiger partial charge in [-0.25, -0.2) is 0 Å². The second kappa shape index (κ2) is 6.92. The van der Waals surface area contributed by atoms with E-state index in [1.165, 1.54) is 0 Å². The Morgan fingerprint density at radius 1 is 0.923 bits per heavy atom. The molecular formula is C20H20ClNO4. The number of fused-ring (bicyclic) bond motifs is 2. The predicted octanol–water partition coefficient (Wildman–Crippen LogP) is 0.390. The van der Waals surface area contributed by atoms with Crippen molar-refractivity contribution in [3.63, 3.8) is 0 Å². The number of aryl methyl sites for hydroxylation is 1. The summed E-state index contributed by atoms with van der Waals surface area (Å²) < 4.78 is 24.0. The monoisotopic (exact) mass is 373 g/mol. The first-order valence-corrected chi connectivity index (χ1v) is 8.07. The van der Waals surface area contributed by atoms with Crippen LogP contribution in [-0.2, 0) is 7.05 Å². The fraction of sp³-hybridized carbons (Fsp3) is 0.250. The quantitative estimate of drug-likeness (QED) is 0.623.